The lowest BCUT2D eigenvalue weighted by Gasteiger charge is -2.27. The number of hydrogen-bond donors (Lipinski definition) is 0. The summed E-state index contributed by atoms with van der Waals surface area (Å²) in [4.78, 5) is 28.1. The zero-order valence-corrected chi connectivity index (χ0v) is 19.0. The molecule has 1 unspecified atom stereocenters. The SMILES string of the molecule is O=C(C1COc2ccccc2O1)N(/N=C/c1ccc([N+](=O)[O-])o1)c1nc2ccc(Br)cc2s1. The number of carbonyl (C=O) groups excluding carboxylic acids is 1. The van der Waals surface area contributed by atoms with Gasteiger partial charge in [-0.2, -0.15) is 10.1 Å². The third-order valence-electron chi connectivity index (χ3n) is 4.61. The van der Waals surface area contributed by atoms with Gasteiger partial charge in [-0.3, -0.25) is 14.9 Å². The lowest BCUT2D eigenvalue weighted by Crippen LogP contribution is -2.44. The molecule has 5 rings (SSSR count). The van der Waals surface area contributed by atoms with Gasteiger partial charge in [-0.25, -0.2) is 4.98 Å². The van der Waals surface area contributed by atoms with E-state index in [0.717, 1.165) is 14.2 Å². The van der Waals surface area contributed by atoms with Crippen LogP contribution in [-0.2, 0) is 4.79 Å². The first-order valence-electron chi connectivity index (χ1n) is 9.55. The topological polar surface area (TPSA) is 120 Å². The number of aromatic nitrogens is 1. The van der Waals surface area contributed by atoms with Gasteiger partial charge >= 0.3 is 5.88 Å². The molecule has 0 radical (unpaired) electrons. The molecule has 12 heteroatoms. The minimum Gasteiger partial charge on any atom is -0.485 e. The van der Waals surface area contributed by atoms with Crippen LogP contribution in [0.3, 0.4) is 0 Å². The van der Waals surface area contributed by atoms with Crippen molar-refractivity contribution < 1.29 is 23.6 Å². The van der Waals surface area contributed by atoms with Gasteiger partial charge in [-0.1, -0.05) is 39.4 Å². The Morgan fingerprint density at radius 3 is 2.85 bits per heavy atom. The number of para-hydroxylation sites is 2. The van der Waals surface area contributed by atoms with E-state index in [1.807, 2.05) is 24.3 Å². The molecule has 1 atom stereocenters. The van der Waals surface area contributed by atoms with Crippen LogP contribution >= 0.6 is 27.3 Å². The van der Waals surface area contributed by atoms with Crippen LogP contribution in [0.4, 0.5) is 11.0 Å². The average molecular weight is 529 g/mol. The number of rotatable bonds is 5. The van der Waals surface area contributed by atoms with E-state index in [-0.39, 0.29) is 12.4 Å². The van der Waals surface area contributed by atoms with Gasteiger partial charge in [-0.05, 0) is 36.4 Å². The molecule has 0 saturated carbocycles. The first kappa shape index (κ1) is 21.1. The van der Waals surface area contributed by atoms with Gasteiger partial charge in [0.15, 0.2) is 17.3 Å². The Hall–Kier alpha value is -3.77. The number of nitrogens with zero attached hydrogens (tertiary/aromatic N) is 4. The van der Waals surface area contributed by atoms with Gasteiger partial charge in [0.25, 0.3) is 5.91 Å². The first-order chi connectivity index (χ1) is 16.0. The first-order valence-corrected chi connectivity index (χ1v) is 11.2. The van der Waals surface area contributed by atoms with Gasteiger partial charge in [0.05, 0.1) is 22.5 Å². The molecule has 0 aliphatic carbocycles. The van der Waals surface area contributed by atoms with E-state index in [1.165, 1.54) is 29.7 Å². The number of amides is 1. The number of halogens is 1. The molecule has 1 aliphatic rings. The molecule has 2 aromatic carbocycles. The van der Waals surface area contributed by atoms with Crippen molar-refractivity contribution in [3.05, 3.63) is 74.9 Å². The Balaban J connectivity index is 1.49. The fraction of sp³-hybridized carbons (Fsp3) is 0.0952. The number of ether oxygens (including phenoxy) is 2. The van der Waals surface area contributed by atoms with Crippen molar-refractivity contribution in [1.29, 1.82) is 0 Å². The van der Waals surface area contributed by atoms with Crippen LogP contribution < -0.4 is 14.5 Å². The Labute approximate surface area is 198 Å². The van der Waals surface area contributed by atoms with Crippen molar-refractivity contribution in [2.24, 2.45) is 5.10 Å². The molecule has 0 bridgehead atoms. The summed E-state index contributed by atoms with van der Waals surface area (Å²) >= 11 is 4.68. The van der Waals surface area contributed by atoms with Crippen LogP contribution in [0.2, 0.25) is 0 Å². The fourth-order valence-electron chi connectivity index (χ4n) is 3.08. The molecule has 0 fully saturated rings. The third-order valence-corrected chi connectivity index (χ3v) is 6.09. The summed E-state index contributed by atoms with van der Waals surface area (Å²) in [5.41, 5.74) is 0.686. The summed E-state index contributed by atoms with van der Waals surface area (Å²) in [6.07, 6.45) is 0.242. The number of benzene rings is 2. The number of nitro groups is 1. The Kier molecular flexibility index (Phi) is 5.52. The van der Waals surface area contributed by atoms with Gasteiger partial charge in [0.2, 0.25) is 11.2 Å². The summed E-state index contributed by atoms with van der Waals surface area (Å²) in [5.74, 6) is 0.152. The number of furan rings is 1. The number of thiazole rings is 1. The standard InChI is InChI=1S/C21H13BrN4O6S/c22-12-5-7-14-18(9-12)33-21(24-14)25(23-10-13-6-8-19(31-13)26(28)29)20(27)17-11-30-15-3-1-2-4-16(15)32-17/h1-10,17H,11H2/b23-10+. The van der Waals surface area contributed by atoms with E-state index in [1.54, 1.807) is 18.2 Å². The molecule has 1 aliphatic heterocycles. The van der Waals surface area contributed by atoms with E-state index in [2.05, 4.69) is 26.0 Å². The summed E-state index contributed by atoms with van der Waals surface area (Å²) in [6.45, 7) is -0.00939. The summed E-state index contributed by atoms with van der Waals surface area (Å²) in [6, 6.07) is 15.2. The second-order valence-corrected chi connectivity index (χ2v) is 8.73. The predicted octanol–water partition coefficient (Wildman–Crippen LogP) is 4.77. The second kappa shape index (κ2) is 8.64. The largest absolute Gasteiger partial charge is 0.485 e. The predicted molar refractivity (Wildman–Crippen MR) is 124 cm³/mol. The van der Waals surface area contributed by atoms with E-state index in [0.29, 0.717) is 22.1 Å². The van der Waals surface area contributed by atoms with Crippen molar-refractivity contribution in [3.8, 4) is 11.5 Å². The number of hydrogen-bond acceptors (Lipinski definition) is 9. The van der Waals surface area contributed by atoms with Crippen molar-refractivity contribution >= 4 is 60.6 Å². The third kappa shape index (κ3) is 4.30. The molecule has 0 N–H and O–H groups in total. The van der Waals surface area contributed by atoms with Gasteiger partial charge in [-0.15, -0.1) is 0 Å². The quantitative estimate of drug-likeness (QED) is 0.208. The molecule has 10 nitrogen and oxygen atoms in total. The molecule has 166 valence electrons. The minimum absolute atomic E-state index is 0.00939. The van der Waals surface area contributed by atoms with Crippen molar-refractivity contribution in [1.82, 2.24) is 4.98 Å². The van der Waals surface area contributed by atoms with Gasteiger partial charge in [0.1, 0.15) is 11.5 Å². The molecule has 33 heavy (non-hydrogen) atoms. The summed E-state index contributed by atoms with van der Waals surface area (Å²) < 4.78 is 18.3. The molecular weight excluding hydrogens is 516 g/mol. The fourth-order valence-corrected chi connectivity index (χ4v) is 4.56. The normalized spacial score (nSPS) is 15.1. The Morgan fingerprint density at radius 1 is 1.24 bits per heavy atom. The maximum Gasteiger partial charge on any atom is 0.433 e. The van der Waals surface area contributed by atoms with Crippen LogP contribution in [-0.4, -0.2) is 34.7 Å². The minimum atomic E-state index is -0.971. The lowest BCUT2D eigenvalue weighted by atomic mass is 10.2. The van der Waals surface area contributed by atoms with Crippen LogP contribution in [0, 0.1) is 10.1 Å². The molecule has 3 heterocycles. The van der Waals surface area contributed by atoms with E-state index in [9.17, 15) is 14.9 Å². The maximum absolute atomic E-state index is 13.4. The van der Waals surface area contributed by atoms with Crippen molar-refractivity contribution in [2.75, 3.05) is 11.6 Å². The lowest BCUT2D eigenvalue weighted by molar-refractivity contribution is -0.402. The van der Waals surface area contributed by atoms with E-state index < -0.39 is 22.8 Å². The highest BCUT2D eigenvalue weighted by molar-refractivity contribution is 9.10. The Bertz CT molecular complexity index is 1400. The number of carbonyl (C=O) groups is 1. The molecule has 2 aromatic heterocycles. The van der Waals surface area contributed by atoms with Crippen LogP contribution in [0.15, 0.2) is 68.6 Å². The number of anilines is 1. The second-order valence-electron chi connectivity index (χ2n) is 6.80. The molecule has 4 aromatic rings. The summed E-state index contributed by atoms with van der Waals surface area (Å²) in [7, 11) is 0. The van der Waals surface area contributed by atoms with E-state index >= 15 is 0 Å². The van der Waals surface area contributed by atoms with Crippen LogP contribution in [0.25, 0.3) is 10.2 Å². The highest BCUT2D eigenvalue weighted by Gasteiger charge is 2.33. The molecule has 0 saturated heterocycles. The zero-order valence-electron chi connectivity index (χ0n) is 16.6. The monoisotopic (exact) mass is 528 g/mol. The van der Waals surface area contributed by atoms with Crippen molar-refractivity contribution in [3.63, 3.8) is 0 Å². The smallest absolute Gasteiger partial charge is 0.433 e. The molecule has 1 amide bonds. The number of hydrazone groups is 1. The Morgan fingerprint density at radius 2 is 2.06 bits per heavy atom. The molecular formula is C21H13BrN4O6S. The van der Waals surface area contributed by atoms with E-state index in [4.69, 9.17) is 13.9 Å². The number of fused-ring (bicyclic) bond motifs is 2. The van der Waals surface area contributed by atoms with Gasteiger partial charge in [0, 0.05) is 4.47 Å². The summed E-state index contributed by atoms with van der Waals surface area (Å²) in [5, 5.41) is 16.5. The highest BCUT2D eigenvalue weighted by Crippen LogP contribution is 2.34. The molecule has 0 spiro atoms. The highest BCUT2D eigenvalue weighted by atomic mass is 79.9. The maximum atomic E-state index is 13.4. The van der Waals surface area contributed by atoms with Crippen molar-refractivity contribution in [2.45, 2.75) is 6.10 Å². The van der Waals surface area contributed by atoms with Crippen LogP contribution in [0.5, 0.6) is 11.5 Å². The van der Waals surface area contributed by atoms with Crippen LogP contribution in [0.1, 0.15) is 5.76 Å². The zero-order chi connectivity index (χ0) is 22.9. The van der Waals surface area contributed by atoms with Gasteiger partial charge < -0.3 is 13.9 Å². The average Bonchev–Trinajstić information content (AvgIpc) is 3.46.